The van der Waals surface area contributed by atoms with Crippen LogP contribution in [-0.4, -0.2) is 47.6 Å². The largest absolute Gasteiger partial charge is 0.314 e. The summed E-state index contributed by atoms with van der Waals surface area (Å²) in [6.07, 6.45) is 10.6. The van der Waals surface area contributed by atoms with Crippen LogP contribution in [0.2, 0.25) is 0 Å². The van der Waals surface area contributed by atoms with Crippen LogP contribution >= 0.6 is 11.8 Å². The van der Waals surface area contributed by atoms with Crippen LogP contribution in [0.25, 0.3) is 0 Å². The van der Waals surface area contributed by atoms with Crippen molar-refractivity contribution in [2.24, 2.45) is 5.92 Å². The fourth-order valence-electron chi connectivity index (χ4n) is 4.14. The van der Waals surface area contributed by atoms with Crippen LogP contribution in [0.4, 0.5) is 0 Å². The van der Waals surface area contributed by atoms with Gasteiger partial charge in [-0.05, 0) is 64.2 Å². The van der Waals surface area contributed by atoms with Crippen LogP contribution in [-0.2, 0) is 0 Å². The number of hydrogen-bond acceptors (Lipinski definition) is 3. The molecular weight excluding hydrogens is 264 g/mol. The Morgan fingerprint density at radius 1 is 1.10 bits per heavy atom. The quantitative estimate of drug-likeness (QED) is 0.832. The minimum atomic E-state index is 0.740. The first-order chi connectivity index (χ1) is 9.67. The summed E-state index contributed by atoms with van der Waals surface area (Å²) in [5.74, 6) is 0.786. The number of thioether (sulfide) groups is 1. The third-order valence-corrected chi connectivity index (χ3v) is 6.86. The number of rotatable bonds is 5. The van der Waals surface area contributed by atoms with Gasteiger partial charge in [-0.1, -0.05) is 13.8 Å². The molecule has 2 rings (SSSR count). The fourth-order valence-corrected chi connectivity index (χ4v) is 4.88. The highest BCUT2D eigenvalue weighted by Gasteiger charge is 2.36. The molecule has 2 nitrogen and oxygen atoms in total. The van der Waals surface area contributed by atoms with Gasteiger partial charge in [0.25, 0.3) is 0 Å². The van der Waals surface area contributed by atoms with E-state index in [1.54, 1.807) is 0 Å². The molecule has 1 aliphatic carbocycles. The van der Waals surface area contributed by atoms with Crippen molar-refractivity contribution in [1.82, 2.24) is 10.2 Å². The molecule has 2 fully saturated rings. The molecule has 0 aromatic carbocycles. The molecule has 118 valence electrons. The number of piperidine rings is 1. The van der Waals surface area contributed by atoms with Crippen LogP contribution in [0, 0.1) is 5.92 Å². The Kier molecular flexibility index (Phi) is 6.70. The second-order valence-corrected chi connectivity index (χ2v) is 7.99. The van der Waals surface area contributed by atoms with Crippen LogP contribution in [0.15, 0.2) is 0 Å². The molecule has 3 unspecified atom stereocenters. The van der Waals surface area contributed by atoms with Gasteiger partial charge in [-0.3, -0.25) is 4.90 Å². The van der Waals surface area contributed by atoms with Crippen molar-refractivity contribution in [3.8, 4) is 0 Å². The van der Waals surface area contributed by atoms with Gasteiger partial charge >= 0.3 is 0 Å². The molecule has 0 spiro atoms. The van der Waals surface area contributed by atoms with Gasteiger partial charge in [0.15, 0.2) is 0 Å². The lowest BCUT2D eigenvalue weighted by Gasteiger charge is -2.48. The second kappa shape index (κ2) is 8.05. The third-order valence-electron chi connectivity index (χ3n) is 5.72. The number of nitrogens with zero attached hydrogens (tertiary/aromatic N) is 1. The van der Waals surface area contributed by atoms with Gasteiger partial charge in [-0.2, -0.15) is 11.8 Å². The van der Waals surface area contributed by atoms with Crippen molar-refractivity contribution in [3.05, 3.63) is 0 Å². The molecule has 0 aromatic heterocycles. The Hall–Kier alpha value is 0.270. The predicted octanol–water partition coefficient (Wildman–Crippen LogP) is 3.76. The van der Waals surface area contributed by atoms with E-state index in [4.69, 9.17) is 0 Å². The molecule has 0 radical (unpaired) electrons. The highest BCUT2D eigenvalue weighted by atomic mass is 32.2. The van der Waals surface area contributed by atoms with Gasteiger partial charge in [0.2, 0.25) is 0 Å². The zero-order chi connectivity index (χ0) is 14.5. The van der Waals surface area contributed by atoms with E-state index in [0.29, 0.717) is 0 Å². The zero-order valence-electron chi connectivity index (χ0n) is 13.9. The highest BCUT2D eigenvalue weighted by Crippen LogP contribution is 2.34. The molecule has 0 amide bonds. The maximum absolute atomic E-state index is 3.76. The lowest BCUT2D eigenvalue weighted by molar-refractivity contribution is 0.0329. The first kappa shape index (κ1) is 16.6. The van der Waals surface area contributed by atoms with E-state index in [9.17, 15) is 0 Å². The maximum Gasteiger partial charge on any atom is 0.0120 e. The standard InChI is InChI=1S/C17H34N2S/c1-5-11-18-17-10-12-19(14(3)13(17)2)15-6-8-16(20-4)9-7-15/h13-18H,5-12H2,1-4H3. The number of nitrogens with one attached hydrogen (secondary N) is 1. The van der Waals surface area contributed by atoms with Crippen LogP contribution in [0.1, 0.15) is 59.3 Å². The van der Waals surface area contributed by atoms with Crippen LogP contribution in [0.3, 0.4) is 0 Å². The summed E-state index contributed by atoms with van der Waals surface area (Å²) in [4.78, 5) is 2.84. The summed E-state index contributed by atoms with van der Waals surface area (Å²) in [7, 11) is 0. The zero-order valence-corrected chi connectivity index (χ0v) is 14.7. The van der Waals surface area contributed by atoms with E-state index in [-0.39, 0.29) is 0 Å². The minimum absolute atomic E-state index is 0.740. The molecule has 1 heterocycles. The smallest absolute Gasteiger partial charge is 0.0120 e. The fraction of sp³-hybridized carbons (Fsp3) is 1.00. The van der Waals surface area contributed by atoms with E-state index in [1.807, 2.05) is 0 Å². The van der Waals surface area contributed by atoms with Crippen LogP contribution in [0.5, 0.6) is 0 Å². The van der Waals surface area contributed by atoms with Crippen LogP contribution < -0.4 is 5.32 Å². The van der Waals surface area contributed by atoms with Crippen molar-refractivity contribution < 1.29 is 0 Å². The monoisotopic (exact) mass is 298 g/mol. The predicted molar refractivity (Wildman–Crippen MR) is 91.6 cm³/mol. The topological polar surface area (TPSA) is 15.3 Å². The summed E-state index contributed by atoms with van der Waals surface area (Å²) < 4.78 is 0. The molecule has 3 atom stereocenters. The van der Waals surface area contributed by atoms with Crippen molar-refractivity contribution in [2.75, 3.05) is 19.3 Å². The lowest BCUT2D eigenvalue weighted by Crippen LogP contribution is -2.57. The SMILES string of the molecule is CCCNC1CCN(C2CCC(SC)CC2)C(C)C1C. The number of likely N-dealkylation sites (tertiary alicyclic amines) is 1. The van der Waals surface area contributed by atoms with Gasteiger partial charge in [0.1, 0.15) is 0 Å². The summed E-state index contributed by atoms with van der Waals surface area (Å²) in [6, 6.07) is 2.35. The van der Waals surface area contributed by atoms with Crippen molar-refractivity contribution >= 4 is 11.8 Å². The van der Waals surface area contributed by atoms with Gasteiger partial charge in [-0.15, -0.1) is 0 Å². The summed E-state index contributed by atoms with van der Waals surface area (Å²) in [5.41, 5.74) is 0. The van der Waals surface area contributed by atoms with E-state index in [1.165, 1.54) is 51.6 Å². The second-order valence-electron chi connectivity index (χ2n) is 6.85. The van der Waals surface area contributed by atoms with E-state index in [0.717, 1.165) is 29.3 Å². The van der Waals surface area contributed by atoms with Gasteiger partial charge < -0.3 is 5.32 Å². The molecule has 0 aromatic rings. The van der Waals surface area contributed by atoms with Crippen molar-refractivity contribution in [2.45, 2.75) is 82.7 Å². The average Bonchev–Trinajstić information content (AvgIpc) is 2.49. The Balaban J connectivity index is 1.85. The molecular formula is C17H34N2S. The number of hydrogen-bond donors (Lipinski definition) is 1. The Morgan fingerprint density at radius 3 is 2.40 bits per heavy atom. The summed E-state index contributed by atoms with van der Waals surface area (Å²) >= 11 is 2.08. The molecule has 1 N–H and O–H groups in total. The molecule has 1 aliphatic heterocycles. The van der Waals surface area contributed by atoms with E-state index < -0.39 is 0 Å². The van der Waals surface area contributed by atoms with Gasteiger partial charge in [0.05, 0.1) is 0 Å². The Labute approximate surface area is 130 Å². The molecule has 1 saturated carbocycles. The Morgan fingerprint density at radius 2 is 1.80 bits per heavy atom. The molecule has 3 heteroatoms. The molecule has 2 aliphatic rings. The van der Waals surface area contributed by atoms with E-state index in [2.05, 4.69) is 49.0 Å². The molecule has 0 bridgehead atoms. The third kappa shape index (κ3) is 3.92. The normalized spacial score (nSPS) is 39.9. The summed E-state index contributed by atoms with van der Waals surface area (Å²) in [5, 5.41) is 4.69. The summed E-state index contributed by atoms with van der Waals surface area (Å²) in [6.45, 7) is 9.67. The van der Waals surface area contributed by atoms with Crippen molar-refractivity contribution in [1.29, 1.82) is 0 Å². The highest BCUT2D eigenvalue weighted by molar-refractivity contribution is 7.99. The first-order valence-corrected chi connectivity index (χ1v) is 9.98. The first-order valence-electron chi connectivity index (χ1n) is 8.69. The van der Waals surface area contributed by atoms with Gasteiger partial charge in [-0.25, -0.2) is 0 Å². The minimum Gasteiger partial charge on any atom is -0.314 e. The van der Waals surface area contributed by atoms with E-state index >= 15 is 0 Å². The molecule has 20 heavy (non-hydrogen) atoms. The average molecular weight is 299 g/mol. The van der Waals surface area contributed by atoms with Gasteiger partial charge in [0, 0.05) is 29.9 Å². The molecule has 1 saturated heterocycles. The maximum atomic E-state index is 3.76. The Bertz CT molecular complexity index is 276. The van der Waals surface area contributed by atoms with Crippen molar-refractivity contribution in [3.63, 3.8) is 0 Å². The lowest BCUT2D eigenvalue weighted by atomic mass is 9.83.